The number of hydrogen-bond donors (Lipinski definition) is 1. The smallest absolute Gasteiger partial charge is 0.422 e. The number of ether oxygens (including phenoxy) is 1. The Kier molecular flexibility index (Phi) is 3.37. The van der Waals surface area contributed by atoms with E-state index in [4.69, 9.17) is 10.2 Å². The zero-order chi connectivity index (χ0) is 13.2. The zero-order valence-electron chi connectivity index (χ0n) is 9.20. The van der Waals surface area contributed by atoms with E-state index in [0.29, 0.717) is 18.9 Å². The van der Waals surface area contributed by atoms with E-state index in [1.165, 1.54) is 12.3 Å². The Hall–Kier alpha value is -1.83. The van der Waals surface area contributed by atoms with Gasteiger partial charge in [-0.05, 0) is 0 Å². The van der Waals surface area contributed by atoms with Crippen molar-refractivity contribution in [3.05, 3.63) is 18.2 Å². The lowest BCUT2D eigenvalue weighted by atomic mass is 10.4. The van der Waals surface area contributed by atoms with Crippen LogP contribution in [-0.4, -0.2) is 29.3 Å². The number of aromatic nitrogens is 2. The van der Waals surface area contributed by atoms with E-state index in [1.54, 1.807) is 0 Å². The number of nitrogens with zero attached hydrogens (tertiary/aromatic N) is 2. The van der Waals surface area contributed by atoms with Gasteiger partial charge in [-0.2, -0.15) is 13.2 Å². The van der Waals surface area contributed by atoms with Crippen LogP contribution in [0.4, 0.5) is 13.2 Å². The molecule has 0 spiro atoms. The number of rotatable bonds is 4. The number of oxazole rings is 1. The number of fused-ring (bicyclic) bond motifs is 1. The first-order valence-electron chi connectivity index (χ1n) is 5.13. The topological polar surface area (TPSA) is 74.2 Å². The Labute approximate surface area is 99.8 Å². The molecule has 0 unspecified atom stereocenters. The first kappa shape index (κ1) is 12.6. The van der Waals surface area contributed by atoms with Crippen LogP contribution in [0.25, 0.3) is 11.2 Å². The molecule has 0 aliphatic carbocycles. The fraction of sp³-hybridized carbons (Fsp3) is 0.400. The maximum absolute atomic E-state index is 12.1. The van der Waals surface area contributed by atoms with Gasteiger partial charge < -0.3 is 14.9 Å². The molecule has 2 rings (SSSR count). The van der Waals surface area contributed by atoms with Crippen molar-refractivity contribution < 1.29 is 22.3 Å². The second-order valence-electron chi connectivity index (χ2n) is 3.51. The molecule has 0 amide bonds. The van der Waals surface area contributed by atoms with Gasteiger partial charge in [0.1, 0.15) is 0 Å². The lowest BCUT2D eigenvalue weighted by molar-refractivity contribution is -0.153. The molecule has 2 heterocycles. The van der Waals surface area contributed by atoms with Crippen molar-refractivity contribution in [2.45, 2.75) is 12.6 Å². The summed E-state index contributed by atoms with van der Waals surface area (Å²) in [5, 5.41) is 0. The minimum Gasteiger partial charge on any atom is -0.482 e. The van der Waals surface area contributed by atoms with Gasteiger partial charge in [-0.15, -0.1) is 0 Å². The monoisotopic (exact) mass is 261 g/mol. The van der Waals surface area contributed by atoms with Crippen molar-refractivity contribution in [1.29, 1.82) is 0 Å². The fourth-order valence-electron chi connectivity index (χ4n) is 1.36. The Balaban J connectivity index is 2.27. The molecule has 0 aromatic carbocycles. The van der Waals surface area contributed by atoms with Crippen molar-refractivity contribution in [1.82, 2.24) is 9.97 Å². The second kappa shape index (κ2) is 4.81. The maximum Gasteiger partial charge on any atom is 0.422 e. The SMILES string of the molecule is NCCc1nc2c(OCC(F)(F)F)ccnc2o1. The van der Waals surface area contributed by atoms with Gasteiger partial charge >= 0.3 is 6.18 Å². The van der Waals surface area contributed by atoms with Gasteiger partial charge in [0, 0.05) is 25.2 Å². The second-order valence-corrected chi connectivity index (χ2v) is 3.51. The lowest BCUT2D eigenvalue weighted by Crippen LogP contribution is -2.19. The van der Waals surface area contributed by atoms with Crippen LogP contribution in [0, 0.1) is 0 Å². The van der Waals surface area contributed by atoms with Gasteiger partial charge in [0.2, 0.25) is 0 Å². The standard InChI is InChI=1S/C10H10F3N3O2/c11-10(12,13)5-17-6-2-4-15-9-8(6)16-7(18-9)1-3-14/h2,4H,1,3,5,14H2. The number of halogens is 3. The fourth-order valence-corrected chi connectivity index (χ4v) is 1.36. The van der Waals surface area contributed by atoms with E-state index < -0.39 is 12.8 Å². The third-order valence-corrected chi connectivity index (χ3v) is 2.05. The third kappa shape index (κ3) is 2.89. The molecule has 0 aliphatic rings. The number of hydrogen-bond acceptors (Lipinski definition) is 5. The quantitative estimate of drug-likeness (QED) is 0.906. The van der Waals surface area contributed by atoms with Crippen LogP contribution in [0.2, 0.25) is 0 Å². The van der Waals surface area contributed by atoms with Gasteiger partial charge in [-0.25, -0.2) is 9.97 Å². The van der Waals surface area contributed by atoms with Crippen LogP contribution in [0.5, 0.6) is 5.75 Å². The molecule has 0 fully saturated rings. The molecule has 5 nitrogen and oxygen atoms in total. The number of pyridine rings is 1. The van der Waals surface area contributed by atoms with Crippen LogP contribution in [0.1, 0.15) is 5.89 Å². The van der Waals surface area contributed by atoms with Crippen molar-refractivity contribution >= 4 is 11.2 Å². The first-order chi connectivity index (χ1) is 8.49. The minimum atomic E-state index is -4.40. The van der Waals surface area contributed by atoms with Crippen molar-refractivity contribution in [2.75, 3.05) is 13.2 Å². The largest absolute Gasteiger partial charge is 0.482 e. The van der Waals surface area contributed by atoms with E-state index in [-0.39, 0.29) is 17.0 Å². The van der Waals surface area contributed by atoms with E-state index in [2.05, 4.69) is 14.7 Å². The zero-order valence-corrected chi connectivity index (χ0v) is 9.20. The summed E-state index contributed by atoms with van der Waals surface area (Å²) in [6.07, 6.45) is -2.72. The van der Waals surface area contributed by atoms with Crippen molar-refractivity contribution in [3.8, 4) is 5.75 Å². The molecule has 0 aliphatic heterocycles. The van der Waals surface area contributed by atoms with E-state index in [1.807, 2.05) is 0 Å². The normalized spacial score (nSPS) is 12.0. The minimum absolute atomic E-state index is 0.00986. The van der Waals surface area contributed by atoms with E-state index >= 15 is 0 Å². The Morgan fingerprint density at radius 3 is 2.83 bits per heavy atom. The summed E-state index contributed by atoms with van der Waals surface area (Å²) in [4.78, 5) is 7.86. The molecule has 2 N–H and O–H groups in total. The molecule has 0 bridgehead atoms. The highest BCUT2D eigenvalue weighted by molar-refractivity contribution is 5.75. The van der Waals surface area contributed by atoms with Crippen LogP contribution < -0.4 is 10.5 Å². The Morgan fingerprint density at radius 2 is 2.17 bits per heavy atom. The van der Waals surface area contributed by atoms with E-state index in [9.17, 15) is 13.2 Å². The van der Waals surface area contributed by atoms with Gasteiger partial charge in [-0.3, -0.25) is 0 Å². The van der Waals surface area contributed by atoms with Crippen LogP contribution in [0.15, 0.2) is 16.7 Å². The van der Waals surface area contributed by atoms with Crippen LogP contribution in [0.3, 0.4) is 0 Å². The molecule has 2 aromatic rings. The highest BCUT2D eigenvalue weighted by atomic mass is 19.4. The highest BCUT2D eigenvalue weighted by Crippen LogP contribution is 2.26. The van der Waals surface area contributed by atoms with Crippen LogP contribution >= 0.6 is 0 Å². The maximum atomic E-state index is 12.1. The molecule has 8 heteroatoms. The molecule has 0 radical (unpaired) electrons. The lowest BCUT2D eigenvalue weighted by Gasteiger charge is -2.08. The van der Waals surface area contributed by atoms with Crippen molar-refractivity contribution in [2.24, 2.45) is 5.73 Å². The molecule has 0 saturated heterocycles. The summed E-state index contributed by atoms with van der Waals surface area (Å²) in [6.45, 7) is -1.06. The molecular weight excluding hydrogens is 251 g/mol. The summed E-state index contributed by atoms with van der Waals surface area (Å²) in [6, 6.07) is 1.31. The predicted octanol–water partition coefficient (Wildman–Crippen LogP) is 1.67. The average molecular weight is 261 g/mol. The number of nitrogens with two attached hydrogens (primary N) is 1. The molecule has 2 aromatic heterocycles. The van der Waals surface area contributed by atoms with Gasteiger partial charge in [0.15, 0.2) is 23.8 Å². The summed E-state index contributed by atoms with van der Waals surface area (Å²) >= 11 is 0. The van der Waals surface area contributed by atoms with Crippen LogP contribution in [-0.2, 0) is 6.42 Å². The first-order valence-corrected chi connectivity index (χ1v) is 5.13. The van der Waals surface area contributed by atoms with Gasteiger partial charge in [0.25, 0.3) is 5.71 Å². The molecule has 18 heavy (non-hydrogen) atoms. The van der Waals surface area contributed by atoms with E-state index in [0.717, 1.165) is 0 Å². The summed E-state index contributed by atoms with van der Waals surface area (Å²) in [5.41, 5.74) is 5.64. The average Bonchev–Trinajstić information content (AvgIpc) is 2.68. The number of alkyl halides is 3. The van der Waals surface area contributed by atoms with Gasteiger partial charge in [0.05, 0.1) is 0 Å². The summed E-state index contributed by atoms with van der Waals surface area (Å²) < 4.78 is 46.1. The summed E-state index contributed by atoms with van der Waals surface area (Å²) in [5.74, 6) is 0.312. The van der Waals surface area contributed by atoms with Crippen molar-refractivity contribution in [3.63, 3.8) is 0 Å². The Morgan fingerprint density at radius 1 is 1.39 bits per heavy atom. The predicted molar refractivity (Wildman–Crippen MR) is 56.1 cm³/mol. The summed E-state index contributed by atoms with van der Waals surface area (Å²) in [7, 11) is 0. The Bertz CT molecular complexity index is 539. The molecule has 0 atom stereocenters. The van der Waals surface area contributed by atoms with Gasteiger partial charge in [-0.1, -0.05) is 0 Å². The third-order valence-electron chi connectivity index (χ3n) is 2.05. The molecule has 0 saturated carbocycles. The molecule has 98 valence electrons. The molecular formula is C10H10F3N3O2. The highest BCUT2D eigenvalue weighted by Gasteiger charge is 2.29.